The van der Waals surface area contributed by atoms with E-state index in [-0.39, 0.29) is 0 Å². The second kappa shape index (κ2) is 5.89. The predicted octanol–water partition coefficient (Wildman–Crippen LogP) is 1.65. The molecular formula is C15H19N3O. The average Bonchev–Trinajstić information content (AvgIpc) is 3.08. The van der Waals surface area contributed by atoms with Gasteiger partial charge in [0.1, 0.15) is 5.75 Å². The van der Waals surface area contributed by atoms with Crippen molar-refractivity contribution < 1.29 is 4.74 Å². The van der Waals surface area contributed by atoms with Gasteiger partial charge in [-0.3, -0.25) is 0 Å². The third kappa shape index (κ3) is 3.15. The van der Waals surface area contributed by atoms with Crippen LogP contribution in [0.5, 0.6) is 5.75 Å². The molecule has 0 aliphatic carbocycles. The Hall–Kier alpha value is -1.81. The Morgan fingerprint density at radius 2 is 2.32 bits per heavy atom. The van der Waals surface area contributed by atoms with Crippen molar-refractivity contribution in [2.45, 2.75) is 19.4 Å². The highest BCUT2D eigenvalue weighted by molar-refractivity contribution is 5.39. The van der Waals surface area contributed by atoms with Crippen LogP contribution in [0, 0.1) is 0 Å². The van der Waals surface area contributed by atoms with Crippen LogP contribution >= 0.6 is 0 Å². The van der Waals surface area contributed by atoms with E-state index in [1.807, 2.05) is 18.7 Å². The van der Waals surface area contributed by atoms with Crippen LogP contribution in [0.3, 0.4) is 0 Å². The van der Waals surface area contributed by atoms with E-state index in [9.17, 15) is 0 Å². The van der Waals surface area contributed by atoms with Gasteiger partial charge >= 0.3 is 0 Å². The van der Waals surface area contributed by atoms with Crippen LogP contribution in [-0.4, -0.2) is 29.2 Å². The molecule has 0 unspecified atom stereocenters. The van der Waals surface area contributed by atoms with Crippen LogP contribution in [0.2, 0.25) is 0 Å². The van der Waals surface area contributed by atoms with E-state index in [2.05, 4.69) is 33.1 Å². The first kappa shape index (κ1) is 12.2. The van der Waals surface area contributed by atoms with Crippen molar-refractivity contribution in [3.63, 3.8) is 0 Å². The summed E-state index contributed by atoms with van der Waals surface area (Å²) in [7, 11) is 0. The number of hydrogen-bond donors (Lipinski definition) is 1. The number of ether oxygens (including phenoxy) is 1. The Balaban J connectivity index is 1.40. The molecule has 100 valence electrons. The predicted molar refractivity (Wildman–Crippen MR) is 74.4 cm³/mol. The van der Waals surface area contributed by atoms with Gasteiger partial charge in [0.2, 0.25) is 0 Å². The summed E-state index contributed by atoms with van der Waals surface area (Å²) < 4.78 is 7.60. The molecule has 19 heavy (non-hydrogen) atoms. The van der Waals surface area contributed by atoms with Crippen molar-refractivity contribution >= 4 is 0 Å². The second-order valence-corrected chi connectivity index (χ2v) is 4.84. The molecule has 0 fully saturated rings. The smallest absolute Gasteiger partial charge is 0.122 e. The van der Waals surface area contributed by atoms with Crippen molar-refractivity contribution in [2.24, 2.45) is 0 Å². The summed E-state index contributed by atoms with van der Waals surface area (Å²) in [5.74, 6) is 1.07. The lowest BCUT2D eigenvalue weighted by Crippen LogP contribution is -2.21. The molecular weight excluding hydrogens is 238 g/mol. The molecule has 1 aliphatic heterocycles. The van der Waals surface area contributed by atoms with Gasteiger partial charge in [0, 0.05) is 31.9 Å². The van der Waals surface area contributed by atoms with Crippen molar-refractivity contribution in [3.05, 3.63) is 48.0 Å². The largest absolute Gasteiger partial charge is 0.493 e. The normalized spacial score (nSPS) is 13.3. The van der Waals surface area contributed by atoms with Crippen LogP contribution in [0.15, 0.2) is 36.9 Å². The highest BCUT2D eigenvalue weighted by Crippen LogP contribution is 2.25. The number of fused-ring (bicyclic) bond motifs is 1. The first-order valence-electron chi connectivity index (χ1n) is 6.83. The summed E-state index contributed by atoms with van der Waals surface area (Å²) in [4.78, 5) is 4.03. The zero-order valence-electron chi connectivity index (χ0n) is 11.0. The molecule has 3 rings (SSSR count). The van der Waals surface area contributed by atoms with E-state index in [4.69, 9.17) is 4.74 Å². The molecule has 0 radical (unpaired) electrons. The van der Waals surface area contributed by atoms with Crippen LogP contribution in [0.4, 0.5) is 0 Å². The standard InChI is InChI=1S/C15H19N3O/c1-2-15-14(4-10-19-15)11-13(1)3-5-16-6-8-18-9-7-17-12-18/h1-2,7,9,11-12,16H,3-6,8,10H2. The average molecular weight is 257 g/mol. The number of imidazole rings is 1. The Kier molecular flexibility index (Phi) is 3.79. The quantitative estimate of drug-likeness (QED) is 0.800. The lowest BCUT2D eigenvalue weighted by atomic mass is 10.1. The summed E-state index contributed by atoms with van der Waals surface area (Å²) in [5.41, 5.74) is 2.75. The topological polar surface area (TPSA) is 39.1 Å². The zero-order valence-corrected chi connectivity index (χ0v) is 11.0. The van der Waals surface area contributed by atoms with E-state index in [1.54, 1.807) is 0 Å². The maximum atomic E-state index is 5.51. The van der Waals surface area contributed by atoms with Gasteiger partial charge in [-0.15, -0.1) is 0 Å². The number of nitrogens with one attached hydrogen (secondary N) is 1. The molecule has 1 N–H and O–H groups in total. The molecule has 2 aromatic rings. The number of rotatable bonds is 6. The van der Waals surface area contributed by atoms with Gasteiger partial charge in [0.15, 0.2) is 0 Å². The maximum Gasteiger partial charge on any atom is 0.122 e. The van der Waals surface area contributed by atoms with E-state index in [0.717, 1.165) is 44.8 Å². The van der Waals surface area contributed by atoms with Gasteiger partial charge in [0.05, 0.1) is 12.9 Å². The van der Waals surface area contributed by atoms with Crippen LogP contribution in [-0.2, 0) is 19.4 Å². The zero-order chi connectivity index (χ0) is 12.9. The molecule has 4 nitrogen and oxygen atoms in total. The fourth-order valence-electron chi connectivity index (χ4n) is 2.38. The molecule has 0 atom stereocenters. The van der Waals surface area contributed by atoms with Gasteiger partial charge in [-0.05, 0) is 30.2 Å². The molecule has 0 bridgehead atoms. The summed E-state index contributed by atoms with van der Waals surface area (Å²) in [6, 6.07) is 6.55. The van der Waals surface area contributed by atoms with E-state index in [0.29, 0.717) is 0 Å². The Morgan fingerprint density at radius 3 is 3.21 bits per heavy atom. The Morgan fingerprint density at radius 1 is 1.32 bits per heavy atom. The fraction of sp³-hybridized carbons (Fsp3) is 0.400. The molecule has 0 saturated carbocycles. The van der Waals surface area contributed by atoms with Crippen molar-refractivity contribution in [3.8, 4) is 5.75 Å². The number of hydrogen-bond acceptors (Lipinski definition) is 3. The molecule has 0 spiro atoms. The lowest BCUT2D eigenvalue weighted by molar-refractivity contribution is 0.357. The molecule has 2 heterocycles. The number of aromatic nitrogens is 2. The SMILES string of the molecule is c1cn(CCNCCc2ccc3c(c2)CCO3)cn1. The van der Waals surface area contributed by atoms with E-state index in [1.165, 1.54) is 11.1 Å². The number of benzene rings is 1. The molecule has 1 aromatic heterocycles. The highest BCUT2D eigenvalue weighted by atomic mass is 16.5. The van der Waals surface area contributed by atoms with E-state index >= 15 is 0 Å². The molecule has 0 saturated heterocycles. The minimum absolute atomic E-state index is 0.835. The molecule has 1 aromatic carbocycles. The second-order valence-electron chi connectivity index (χ2n) is 4.84. The van der Waals surface area contributed by atoms with Crippen molar-refractivity contribution in [2.75, 3.05) is 19.7 Å². The summed E-state index contributed by atoms with van der Waals surface area (Å²) in [6.45, 7) is 3.79. The summed E-state index contributed by atoms with van der Waals surface area (Å²) in [5, 5.41) is 3.46. The minimum atomic E-state index is 0.835. The third-order valence-corrected chi connectivity index (χ3v) is 3.45. The van der Waals surface area contributed by atoms with Crippen molar-refractivity contribution in [1.29, 1.82) is 0 Å². The molecule has 1 aliphatic rings. The Labute approximate surface area is 113 Å². The molecule has 4 heteroatoms. The number of nitrogens with zero attached hydrogens (tertiary/aromatic N) is 2. The van der Waals surface area contributed by atoms with Crippen molar-refractivity contribution in [1.82, 2.24) is 14.9 Å². The fourth-order valence-corrected chi connectivity index (χ4v) is 2.38. The minimum Gasteiger partial charge on any atom is -0.493 e. The molecule has 0 amide bonds. The van der Waals surface area contributed by atoms with Gasteiger partial charge in [-0.25, -0.2) is 4.98 Å². The monoisotopic (exact) mass is 257 g/mol. The van der Waals surface area contributed by atoms with Gasteiger partial charge in [-0.2, -0.15) is 0 Å². The highest BCUT2D eigenvalue weighted by Gasteiger charge is 2.11. The third-order valence-electron chi connectivity index (χ3n) is 3.45. The van der Waals surface area contributed by atoms with Gasteiger partial charge in [0.25, 0.3) is 0 Å². The van der Waals surface area contributed by atoms with E-state index < -0.39 is 0 Å². The first-order valence-corrected chi connectivity index (χ1v) is 6.83. The van der Waals surface area contributed by atoms with Crippen LogP contribution in [0.1, 0.15) is 11.1 Å². The summed E-state index contributed by atoms with van der Waals surface area (Å²) in [6.07, 6.45) is 7.77. The van der Waals surface area contributed by atoms with Gasteiger partial charge < -0.3 is 14.6 Å². The van der Waals surface area contributed by atoms with Crippen LogP contribution < -0.4 is 10.1 Å². The first-order chi connectivity index (χ1) is 9.42. The lowest BCUT2D eigenvalue weighted by Gasteiger charge is -2.07. The van der Waals surface area contributed by atoms with Gasteiger partial charge in [-0.1, -0.05) is 12.1 Å². The maximum absolute atomic E-state index is 5.51. The summed E-state index contributed by atoms with van der Waals surface area (Å²) >= 11 is 0. The van der Waals surface area contributed by atoms with Crippen LogP contribution in [0.25, 0.3) is 0 Å². The Bertz CT molecular complexity index is 522.